The first-order chi connectivity index (χ1) is 8.31. The van der Waals surface area contributed by atoms with Gasteiger partial charge in [-0.15, -0.1) is 0 Å². The summed E-state index contributed by atoms with van der Waals surface area (Å²) in [6.45, 7) is 0.905. The van der Waals surface area contributed by atoms with Crippen molar-refractivity contribution in [2.24, 2.45) is 5.73 Å². The number of benzene rings is 1. The Morgan fingerprint density at radius 2 is 2.06 bits per heavy atom. The lowest BCUT2D eigenvalue weighted by atomic mass is 10.2. The SMILES string of the molecule is NCC(OCc1ccccc1Br)c1ccco1. The van der Waals surface area contributed by atoms with E-state index in [1.165, 1.54) is 0 Å². The average molecular weight is 296 g/mol. The van der Waals surface area contributed by atoms with Crippen molar-refractivity contribution in [2.45, 2.75) is 12.7 Å². The van der Waals surface area contributed by atoms with Crippen LogP contribution in [0.5, 0.6) is 0 Å². The second kappa shape index (κ2) is 6.00. The Bertz CT molecular complexity index is 456. The Hall–Kier alpha value is -1.10. The number of halogens is 1. The molecule has 0 aliphatic carbocycles. The molecule has 0 aliphatic heterocycles. The summed E-state index contributed by atoms with van der Waals surface area (Å²) in [5.41, 5.74) is 6.76. The standard InChI is InChI=1S/C13H14BrNO2/c14-11-5-2-1-4-10(11)9-17-13(8-15)12-6-3-7-16-12/h1-7,13H,8-9,15H2. The van der Waals surface area contributed by atoms with E-state index in [1.807, 2.05) is 36.4 Å². The Kier molecular flexibility index (Phi) is 4.36. The summed E-state index contributed by atoms with van der Waals surface area (Å²) >= 11 is 3.48. The van der Waals surface area contributed by atoms with Gasteiger partial charge in [-0.1, -0.05) is 34.1 Å². The van der Waals surface area contributed by atoms with Crippen molar-refractivity contribution in [3.05, 3.63) is 58.5 Å². The smallest absolute Gasteiger partial charge is 0.133 e. The molecule has 0 saturated heterocycles. The first-order valence-corrected chi connectivity index (χ1v) is 6.19. The van der Waals surface area contributed by atoms with Crippen LogP contribution in [0.3, 0.4) is 0 Å². The fraction of sp³-hybridized carbons (Fsp3) is 0.231. The number of furan rings is 1. The highest BCUT2D eigenvalue weighted by Crippen LogP contribution is 2.22. The van der Waals surface area contributed by atoms with Crippen LogP contribution in [0.4, 0.5) is 0 Å². The van der Waals surface area contributed by atoms with Gasteiger partial charge in [0, 0.05) is 11.0 Å². The number of ether oxygens (including phenoxy) is 1. The topological polar surface area (TPSA) is 48.4 Å². The molecule has 2 N–H and O–H groups in total. The molecule has 2 rings (SSSR count). The molecule has 0 bridgehead atoms. The van der Waals surface area contributed by atoms with E-state index in [4.69, 9.17) is 14.9 Å². The van der Waals surface area contributed by atoms with Crippen LogP contribution in [0.1, 0.15) is 17.4 Å². The van der Waals surface area contributed by atoms with E-state index in [-0.39, 0.29) is 6.10 Å². The minimum Gasteiger partial charge on any atom is -0.467 e. The van der Waals surface area contributed by atoms with Gasteiger partial charge >= 0.3 is 0 Å². The zero-order valence-corrected chi connectivity index (χ0v) is 10.9. The summed E-state index contributed by atoms with van der Waals surface area (Å²) in [5.74, 6) is 0.763. The molecule has 4 heteroatoms. The monoisotopic (exact) mass is 295 g/mol. The molecule has 1 unspecified atom stereocenters. The van der Waals surface area contributed by atoms with Crippen molar-refractivity contribution in [3.8, 4) is 0 Å². The van der Waals surface area contributed by atoms with Crippen molar-refractivity contribution < 1.29 is 9.15 Å². The maximum atomic E-state index is 5.75. The molecular weight excluding hydrogens is 282 g/mol. The first kappa shape index (κ1) is 12.4. The van der Waals surface area contributed by atoms with Gasteiger partial charge in [-0.3, -0.25) is 0 Å². The van der Waals surface area contributed by atoms with Crippen LogP contribution in [-0.4, -0.2) is 6.54 Å². The number of hydrogen-bond acceptors (Lipinski definition) is 3. The number of hydrogen-bond donors (Lipinski definition) is 1. The van der Waals surface area contributed by atoms with Gasteiger partial charge in [0.15, 0.2) is 0 Å². The number of rotatable bonds is 5. The highest BCUT2D eigenvalue weighted by Gasteiger charge is 2.13. The summed E-state index contributed by atoms with van der Waals surface area (Å²) in [6.07, 6.45) is 1.43. The highest BCUT2D eigenvalue weighted by atomic mass is 79.9. The van der Waals surface area contributed by atoms with Gasteiger partial charge in [0.05, 0.1) is 12.9 Å². The summed E-state index contributed by atoms with van der Waals surface area (Å²) < 4.78 is 12.1. The molecular formula is C13H14BrNO2. The van der Waals surface area contributed by atoms with Crippen molar-refractivity contribution in [1.82, 2.24) is 0 Å². The summed E-state index contributed by atoms with van der Waals surface area (Å²) in [4.78, 5) is 0. The fourth-order valence-corrected chi connectivity index (χ4v) is 1.95. The molecule has 0 aliphatic rings. The molecule has 3 nitrogen and oxygen atoms in total. The van der Waals surface area contributed by atoms with Crippen LogP contribution in [-0.2, 0) is 11.3 Å². The molecule has 0 saturated carbocycles. The molecule has 0 spiro atoms. The van der Waals surface area contributed by atoms with Gasteiger partial charge < -0.3 is 14.9 Å². The maximum Gasteiger partial charge on any atom is 0.133 e. The summed E-state index contributed by atoms with van der Waals surface area (Å²) in [7, 11) is 0. The van der Waals surface area contributed by atoms with E-state index in [0.29, 0.717) is 13.2 Å². The molecule has 0 fully saturated rings. The van der Waals surface area contributed by atoms with Crippen LogP contribution in [0.15, 0.2) is 51.6 Å². The third kappa shape index (κ3) is 3.19. The van der Waals surface area contributed by atoms with Gasteiger partial charge in [0.25, 0.3) is 0 Å². The van der Waals surface area contributed by atoms with Crippen LogP contribution < -0.4 is 5.73 Å². The van der Waals surface area contributed by atoms with Gasteiger partial charge in [0.2, 0.25) is 0 Å². The van der Waals surface area contributed by atoms with Crippen LogP contribution in [0, 0.1) is 0 Å². The second-order valence-electron chi connectivity index (χ2n) is 3.64. The minimum absolute atomic E-state index is 0.197. The normalized spacial score (nSPS) is 12.6. The maximum absolute atomic E-state index is 5.75. The van der Waals surface area contributed by atoms with Gasteiger partial charge in [0.1, 0.15) is 11.9 Å². The summed E-state index contributed by atoms with van der Waals surface area (Å²) in [5, 5.41) is 0. The van der Waals surface area contributed by atoms with E-state index in [2.05, 4.69) is 15.9 Å². The van der Waals surface area contributed by atoms with Gasteiger partial charge in [-0.05, 0) is 23.8 Å². The van der Waals surface area contributed by atoms with E-state index in [1.54, 1.807) is 6.26 Å². The molecule has 0 amide bonds. The van der Waals surface area contributed by atoms with Gasteiger partial charge in [-0.25, -0.2) is 0 Å². The quantitative estimate of drug-likeness (QED) is 0.921. The van der Waals surface area contributed by atoms with Crippen LogP contribution >= 0.6 is 15.9 Å². The van der Waals surface area contributed by atoms with Crippen LogP contribution in [0.25, 0.3) is 0 Å². The lowest BCUT2D eigenvalue weighted by molar-refractivity contribution is 0.0311. The third-order valence-corrected chi connectivity index (χ3v) is 3.25. The molecule has 90 valence electrons. The van der Waals surface area contributed by atoms with Crippen molar-refractivity contribution in [2.75, 3.05) is 6.54 Å². The number of nitrogens with two attached hydrogens (primary N) is 1. The largest absolute Gasteiger partial charge is 0.467 e. The highest BCUT2D eigenvalue weighted by molar-refractivity contribution is 9.10. The van der Waals surface area contributed by atoms with E-state index >= 15 is 0 Å². The first-order valence-electron chi connectivity index (χ1n) is 5.39. The predicted molar refractivity (Wildman–Crippen MR) is 69.4 cm³/mol. The Morgan fingerprint density at radius 3 is 2.71 bits per heavy atom. The van der Waals surface area contributed by atoms with Crippen molar-refractivity contribution >= 4 is 15.9 Å². The Morgan fingerprint density at radius 1 is 1.24 bits per heavy atom. The van der Waals surface area contributed by atoms with Crippen molar-refractivity contribution in [1.29, 1.82) is 0 Å². The fourth-order valence-electron chi connectivity index (χ4n) is 1.55. The Labute approximate surface area is 109 Å². The average Bonchev–Trinajstić information content (AvgIpc) is 2.86. The van der Waals surface area contributed by atoms with Crippen LogP contribution in [0.2, 0.25) is 0 Å². The zero-order chi connectivity index (χ0) is 12.1. The molecule has 17 heavy (non-hydrogen) atoms. The van der Waals surface area contributed by atoms with E-state index in [9.17, 15) is 0 Å². The van der Waals surface area contributed by atoms with E-state index < -0.39 is 0 Å². The minimum atomic E-state index is -0.197. The zero-order valence-electron chi connectivity index (χ0n) is 9.30. The predicted octanol–water partition coefficient (Wildman–Crippen LogP) is 3.26. The van der Waals surface area contributed by atoms with E-state index in [0.717, 1.165) is 15.8 Å². The summed E-state index contributed by atoms with van der Waals surface area (Å²) in [6, 6.07) is 11.7. The lowest BCUT2D eigenvalue weighted by Gasteiger charge is -2.14. The molecule has 1 aromatic carbocycles. The molecule has 1 heterocycles. The van der Waals surface area contributed by atoms with Crippen molar-refractivity contribution in [3.63, 3.8) is 0 Å². The molecule has 1 aromatic heterocycles. The third-order valence-electron chi connectivity index (χ3n) is 2.47. The Balaban J connectivity index is 2.00. The molecule has 0 radical (unpaired) electrons. The molecule has 2 aromatic rings. The van der Waals surface area contributed by atoms with Gasteiger partial charge in [-0.2, -0.15) is 0 Å². The second-order valence-corrected chi connectivity index (χ2v) is 4.50. The lowest BCUT2D eigenvalue weighted by Crippen LogP contribution is -2.15. The molecule has 1 atom stereocenters.